The van der Waals surface area contributed by atoms with Gasteiger partial charge in [0, 0.05) is 12.2 Å². The first-order valence-electron chi connectivity index (χ1n) is 9.04. The Labute approximate surface area is 152 Å². The lowest BCUT2D eigenvalue weighted by molar-refractivity contribution is 0.000886. The topological polar surface area (TPSA) is 64.5 Å². The molecule has 136 valence electrons. The highest BCUT2D eigenvalue weighted by molar-refractivity contribution is 5.51. The van der Waals surface area contributed by atoms with Crippen molar-refractivity contribution in [2.75, 3.05) is 13.7 Å². The summed E-state index contributed by atoms with van der Waals surface area (Å²) in [7, 11) is 2.01. The van der Waals surface area contributed by atoms with Gasteiger partial charge in [-0.15, -0.1) is 10.2 Å². The van der Waals surface area contributed by atoms with Gasteiger partial charge in [0.15, 0.2) is 0 Å². The Balaban J connectivity index is 1.35. The summed E-state index contributed by atoms with van der Waals surface area (Å²) in [6.45, 7) is 2.06. The van der Waals surface area contributed by atoms with Gasteiger partial charge in [-0.3, -0.25) is 4.90 Å². The second kappa shape index (κ2) is 7.85. The van der Waals surface area contributed by atoms with E-state index in [1.807, 2.05) is 49.5 Å². The standard InChI is InChI=1S/C20H23N3O3/c1-23(13-16-10-11-18(25-16)17-9-5-6-12-24-17)14-19-21-22-20(26-19)15-7-3-2-4-8-15/h2-4,7-8,10-11,17H,5-6,9,12-14H2,1H3. The maximum absolute atomic E-state index is 5.97. The smallest absolute Gasteiger partial charge is 0.247 e. The Bertz CT molecular complexity index is 822. The summed E-state index contributed by atoms with van der Waals surface area (Å²) < 4.78 is 17.5. The van der Waals surface area contributed by atoms with Crippen molar-refractivity contribution in [3.63, 3.8) is 0 Å². The van der Waals surface area contributed by atoms with Crippen molar-refractivity contribution in [1.29, 1.82) is 0 Å². The second-order valence-electron chi connectivity index (χ2n) is 6.70. The van der Waals surface area contributed by atoms with E-state index in [0.29, 0.717) is 24.9 Å². The maximum Gasteiger partial charge on any atom is 0.247 e. The van der Waals surface area contributed by atoms with Crippen LogP contribution in [0.2, 0.25) is 0 Å². The van der Waals surface area contributed by atoms with Crippen molar-refractivity contribution >= 4 is 0 Å². The molecule has 1 aromatic carbocycles. The van der Waals surface area contributed by atoms with Gasteiger partial charge in [-0.1, -0.05) is 18.2 Å². The van der Waals surface area contributed by atoms with Crippen LogP contribution in [0.25, 0.3) is 11.5 Å². The van der Waals surface area contributed by atoms with Crippen LogP contribution in [0.15, 0.2) is 51.3 Å². The van der Waals surface area contributed by atoms with E-state index < -0.39 is 0 Å². The molecule has 0 spiro atoms. The lowest BCUT2D eigenvalue weighted by atomic mass is 10.1. The molecule has 2 aromatic heterocycles. The monoisotopic (exact) mass is 353 g/mol. The van der Waals surface area contributed by atoms with E-state index in [-0.39, 0.29) is 6.10 Å². The van der Waals surface area contributed by atoms with Gasteiger partial charge in [-0.2, -0.15) is 0 Å². The molecule has 1 aliphatic heterocycles. The molecule has 0 aliphatic carbocycles. The Morgan fingerprint density at radius 2 is 1.88 bits per heavy atom. The predicted octanol–water partition coefficient (Wildman–Crippen LogP) is 4.20. The summed E-state index contributed by atoms with van der Waals surface area (Å²) in [5, 5.41) is 8.27. The lowest BCUT2D eigenvalue weighted by Gasteiger charge is -2.20. The second-order valence-corrected chi connectivity index (χ2v) is 6.70. The van der Waals surface area contributed by atoms with E-state index in [1.165, 1.54) is 6.42 Å². The molecule has 6 nitrogen and oxygen atoms in total. The van der Waals surface area contributed by atoms with Gasteiger partial charge in [-0.25, -0.2) is 0 Å². The third kappa shape index (κ3) is 4.03. The number of hydrogen-bond donors (Lipinski definition) is 0. The molecular weight excluding hydrogens is 330 g/mol. The Hall–Kier alpha value is -2.44. The molecule has 0 radical (unpaired) electrons. The molecule has 0 saturated carbocycles. The van der Waals surface area contributed by atoms with Crippen LogP contribution in [-0.4, -0.2) is 28.8 Å². The summed E-state index contributed by atoms with van der Waals surface area (Å²) in [6.07, 6.45) is 3.48. The van der Waals surface area contributed by atoms with Crippen LogP contribution in [0.4, 0.5) is 0 Å². The molecule has 1 fully saturated rings. The van der Waals surface area contributed by atoms with Crippen molar-refractivity contribution < 1.29 is 13.6 Å². The van der Waals surface area contributed by atoms with Gasteiger partial charge in [0.2, 0.25) is 11.8 Å². The van der Waals surface area contributed by atoms with E-state index in [1.54, 1.807) is 0 Å². The summed E-state index contributed by atoms with van der Waals surface area (Å²) >= 11 is 0. The van der Waals surface area contributed by atoms with Gasteiger partial charge in [0.05, 0.1) is 13.1 Å². The molecule has 4 rings (SSSR count). The van der Waals surface area contributed by atoms with Gasteiger partial charge >= 0.3 is 0 Å². The fourth-order valence-corrected chi connectivity index (χ4v) is 3.19. The highest BCUT2D eigenvalue weighted by Gasteiger charge is 2.20. The summed E-state index contributed by atoms with van der Waals surface area (Å²) in [5.41, 5.74) is 0.928. The average molecular weight is 353 g/mol. The van der Waals surface area contributed by atoms with E-state index in [4.69, 9.17) is 13.6 Å². The molecule has 6 heteroatoms. The van der Waals surface area contributed by atoms with Crippen molar-refractivity contribution in [1.82, 2.24) is 15.1 Å². The van der Waals surface area contributed by atoms with Crippen LogP contribution in [0.1, 0.15) is 42.8 Å². The number of hydrogen-bond acceptors (Lipinski definition) is 6. The van der Waals surface area contributed by atoms with Crippen LogP contribution >= 0.6 is 0 Å². The van der Waals surface area contributed by atoms with Gasteiger partial charge in [0.1, 0.15) is 17.6 Å². The summed E-state index contributed by atoms with van der Waals surface area (Å²) in [5.74, 6) is 2.98. The molecule has 3 aromatic rings. The minimum absolute atomic E-state index is 0.104. The zero-order valence-electron chi connectivity index (χ0n) is 14.9. The van der Waals surface area contributed by atoms with E-state index >= 15 is 0 Å². The van der Waals surface area contributed by atoms with Crippen molar-refractivity contribution in [3.05, 3.63) is 59.9 Å². The molecule has 0 N–H and O–H groups in total. The highest BCUT2D eigenvalue weighted by atomic mass is 16.5. The van der Waals surface area contributed by atoms with E-state index in [2.05, 4.69) is 15.1 Å². The fourth-order valence-electron chi connectivity index (χ4n) is 3.19. The highest BCUT2D eigenvalue weighted by Crippen LogP contribution is 2.29. The first kappa shape index (κ1) is 17.0. The maximum atomic E-state index is 5.97. The summed E-state index contributed by atoms with van der Waals surface area (Å²) in [4.78, 5) is 2.09. The van der Waals surface area contributed by atoms with Crippen molar-refractivity contribution in [2.24, 2.45) is 0 Å². The van der Waals surface area contributed by atoms with Crippen LogP contribution in [0.5, 0.6) is 0 Å². The molecule has 1 atom stereocenters. The van der Waals surface area contributed by atoms with E-state index in [0.717, 1.165) is 36.5 Å². The Morgan fingerprint density at radius 1 is 1.00 bits per heavy atom. The Kier molecular flexibility index (Phi) is 5.13. The van der Waals surface area contributed by atoms with Gasteiger partial charge in [0.25, 0.3) is 0 Å². The quantitative estimate of drug-likeness (QED) is 0.662. The number of benzene rings is 1. The zero-order chi connectivity index (χ0) is 17.8. The largest absolute Gasteiger partial charge is 0.462 e. The number of nitrogens with zero attached hydrogens (tertiary/aromatic N) is 3. The van der Waals surface area contributed by atoms with Crippen LogP contribution in [0.3, 0.4) is 0 Å². The first-order chi connectivity index (χ1) is 12.8. The molecular formula is C20H23N3O3. The molecule has 0 amide bonds. The lowest BCUT2D eigenvalue weighted by Crippen LogP contribution is -2.17. The van der Waals surface area contributed by atoms with Crippen molar-refractivity contribution in [2.45, 2.75) is 38.5 Å². The van der Waals surface area contributed by atoms with E-state index in [9.17, 15) is 0 Å². The van der Waals surface area contributed by atoms with Crippen LogP contribution in [0, 0.1) is 0 Å². The average Bonchev–Trinajstić information content (AvgIpc) is 3.33. The molecule has 1 saturated heterocycles. The van der Waals surface area contributed by atoms with Gasteiger partial charge < -0.3 is 13.6 Å². The fraction of sp³-hybridized carbons (Fsp3) is 0.400. The van der Waals surface area contributed by atoms with Crippen LogP contribution < -0.4 is 0 Å². The molecule has 3 heterocycles. The SMILES string of the molecule is CN(Cc1ccc(C2CCCCO2)o1)Cc1nnc(-c2ccccc2)o1. The number of aromatic nitrogens is 2. The molecule has 1 unspecified atom stereocenters. The molecule has 1 aliphatic rings. The first-order valence-corrected chi connectivity index (χ1v) is 9.04. The van der Waals surface area contributed by atoms with Gasteiger partial charge in [-0.05, 0) is 50.6 Å². The number of rotatable bonds is 6. The molecule has 0 bridgehead atoms. The third-order valence-electron chi connectivity index (χ3n) is 4.50. The normalized spacial score (nSPS) is 17.7. The number of ether oxygens (including phenoxy) is 1. The minimum Gasteiger partial charge on any atom is -0.462 e. The summed E-state index contributed by atoms with van der Waals surface area (Å²) in [6, 6.07) is 13.8. The predicted molar refractivity (Wildman–Crippen MR) is 96.2 cm³/mol. The third-order valence-corrected chi connectivity index (χ3v) is 4.50. The van der Waals surface area contributed by atoms with Crippen molar-refractivity contribution in [3.8, 4) is 11.5 Å². The Morgan fingerprint density at radius 3 is 2.69 bits per heavy atom. The number of furan rings is 1. The zero-order valence-corrected chi connectivity index (χ0v) is 14.9. The van der Waals surface area contributed by atoms with Crippen LogP contribution in [-0.2, 0) is 17.8 Å². The molecule has 26 heavy (non-hydrogen) atoms. The minimum atomic E-state index is 0.104.